The normalized spacial score (nSPS) is 33.5. The second-order valence-electron chi connectivity index (χ2n) is 19.3. The van der Waals surface area contributed by atoms with Crippen molar-refractivity contribution in [1.82, 2.24) is 0 Å². The van der Waals surface area contributed by atoms with Gasteiger partial charge < -0.3 is 118 Å². The molecule has 4 aliphatic rings. The molecule has 0 aromatic heterocycles. The van der Waals surface area contributed by atoms with Crippen molar-refractivity contribution >= 4 is 42.0 Å². The number of rotatable bonds is 22. The number of hydrogen-bond acceptors (Lipinski definition) is 29. The fourth-order valence-electron chi connectivity index (χ4n) is 9.11. The van der Waals surface area contributed by atoms with E-state index in [1.165, 1.54) is 79.9 Å². The van der Waals surface area contributed by atoms with E-state index in [9.17, 15) is 80.1 Å². The van der Waals surface area contributed by atoms with Gasteiger partial charge in [0.15, 0.2) is 42.6 Å². The summed E-state index contributed by atoms with van der Waals surface area (Å²) >= 11 is 0. The highest BCUT2D eigenvalue weighted by molar-refractivity contribution is 5.90. The van der Waals surface area contributed by atoms with E-state index in [1.807, 2.05) is 0 Å². The number of aliphatic hydroxyl groups excluding tert-OH is 9. The number of carbonyl (C=O) groups excluding carboxylic acids is 5. The van der Waals surface area contributed by atoms with Crippen molar-refractivity contribution in [2.24, 2.45) is 0 Å². The first-order valence-corrected chi connectivity index (χ1v) is 25.6. The molecule has 3 aromatic rings. The molecule has 0 bridgehead atoms. The smallest absolute Gasteiger partial charge is 0.338 e. The maximum atomic E-state index is 14.6. The molecule has 11 N–H and O–H groups in total. The van der Waals surface area contributed by atoms with Crippen molar-refractivity contribution < 1.29 is 142 Å². The minimum Gasteiger partial charge on any atom is -0.508 e. The van der Waals surface area contributed by atoms with E-state index >= 15 is 0 Å². The van der Waals surface area contributed by atoms with E-state index in [2.05, 4.69) is 0 Å². The third kappa shape index (κ3) is 15.5. The minimum atomic E-state index is -3.16. The molecule has 0 radical (unpaired) electrons. The predicted octanol–water partition coefficient (Wildman–Crippen LogP) is -2.44. The highest BCUT2D eigenvalue weighted by Crippen LogP contribution is 2.46. The zero-order valence-electron chi connectivity index (χ0n) is 44.5. The van der Waals surface area contributed by atoms with Gasteiger partial charge in [-0.1, -0.05) is 36.4 Å². The number of benzene rings is 3. The third-order valence-corrected chi connectivity index (χ3v) is 13.4. The number of esters is 5. The van der Waals surface area contributed by atoms with Crippen LogP contribution in [0.1, 0.15) is 41.8 Å². The number of hydrogen-bond donors (Lipinski definition) is 11. The van der Waals surface area contributed by atoms with Crippen molar-refractivity contribution in [3.05, 3.63) is 102 Å². The largest absolute Gasteiger partial charge is 0.508 e. The zero-order chi connectivity index (χ0) is 60.3. The van der Waals surface area contributed by atoms with Gasteiger partial charge in [-0.05, 0) is 59.7 Å². The summed E-state index contributed by atoms with van der Waals surface area (Å²) in [6.45, 7) is -3.04. The Labute approximate surface area is 471 Å². The summed E-state index contributed by atoms with van der Waals surface area (Å²) in [7, 11) is 1.25. The van der Waals surface area contributed by atoms with E-state index < -0.39 is 179 Å². The van der Waals surface area contributed by atoms with Crippen molar-refractivity contribution in [3.8, 4) is 17.2 Å². The van der Waals surface area contributed by atoms with Crippen LogP contribution in [0.5, 0.6) is 17.2 Å². The number of carbonyl (C=O) groups is 5. The molecule has 7 rings (SSSR count). The average molecular weight is 1180 g/mol. The Hall–Kier alpha value is -6.75. The number of ether oxygens (including phenoxy) is 13. The first-order valence-electron chi connectivity index (χ1n) is 25.6. The van der Waals surface area contributed by atoms with E-state index in [4.69, 9.17) is 61.6 Å². The summed E-state index contributed by atoms with van der Waals surface area (Å²) in [4.78, 5) is 66.8. The molecule has 4 heterocycles. The number of methoxy groups -OCH3 is 1. The molecule has 0 unspecified atom stereocenters. The van der Waals surface area contributed by atoms with Crippen LogP contribution in [0.2, 0.25) is 0 Å². The molecule has 29 nitrogen and oxygen atoms in total. The summed E-state index contributed by atoms with van der Waals surface area (Å²) in [5.41, 5.74) is 0.447. The lowest BCUT2D eigenvalue weighted by atomic mass is 9.94. The summed E-state index contributed by atoms with van der Waals surface area (Å²) in [5, 5.41) is 120. The maximum Gasteiger partial charge on any atom is 0.338 e. The molecule has 0 amide bonds. The van der Waals surface area contributed by atoms with Crippen molar-refractivity contribution in [2.75, 3.05) is 40.1 Å². The monoisotopic (exact) mass is 1180 g/mol. The Morgan fingerprint density at radius 2 is 1.22 bits per heavy atom. The lowest BCUT2D eigenvalue weighted by Gasteiger charge is -2.53. The van der Waals surface area contributed by atoms with Crippen LogP contribution in [0.25, 0.3) is 12.2 Å². The lowest BCUT2D eigenvalue weighted by molar-refractivity contribution is -0.458. The quantitative estimate of drug-likeness (QED) is 0.0215. The summed E-state index contributed by atoms with van der Waals surface area (Å²) in [5.74, 6) is -12.2. The van der Waals surface area contributed by atoms with Gasteiger partial charge >= 0.3 is 29.8 Å². The zero-order valence-corrected chi connectivity index (χ0v) is 44.5. The molecule has 4 aliphatic heterocycles. The van der Waals surface area contributed by atoms with Crippen LogP contribution in [0.4, 0.5) is 0 Å². The molecule has 0 aliphatic carbocycles. The molecule has 0 saturated carbocycles. The molecule has 4 fully saturated rings. The molecular weight excluding hydrogens is 1110 g/mol. The fraction of sp³-hybridized carbons (Fsp3) is 0.500. The lowest BCUT2D eigenvalue weighted by Crippen LogP contribution is -2.70. The Balaban J connectivity index is 1.43. The van der Waals surface area contributed by atoms with Crippen LogP contribution in [0.3, 0.4) is 0 Å². The average Bonchev–Trinajstić information content (AvgIpc) is 2.21. The first kappa shape index (κ1) is 63.8. The first-order chi connectivity index (χ1) is 39.5. The predicted molar refractivity (Wildman–Crippen MR) is 271 cm³/mol. The second-order valence-corrected chi connectivity index (χ2v) is 19.3. The van der Waals surface area contributed by atoms with Crippen LogP contribution in [-0.2, 0) is 76.0 Å². The summed E-state index contributed by atoms with van der Waals surface area (Å²) < 4.78 is 76.8. The topological polar surface area (TPSA) is 428 Å². The van der Waals surface area contributed by atoms with Gasteiger partial charge in [-0.25, -0.2) is 14.4 Å². The molecule has 3 aromatic carbocycles. The van der Waals surface area contributed by atoms with Crippen LogP contribution >= 0.6 is 0 Å². The number of aliphatic hydroxyl groups is 9. The number of aromatic hydroxyl groups is 2. The Morgan fingerprint density at radius 3 is 1.87 bits per heavy atom. The van der Waals surface area contributed by atoms with Gasteiger partial charge in [-0.2, -0.15) is 0 Å². The number of phenols is 2. The van der Waals surface area contributed by atoms with E-state index in [-0.39, 0.29) is 28.4 Å². The summed E-state index contributed by atoms with van der Waals surface area (Å²) in [6, 6.07) is 16.5. The Morgan fingerprint density at radius 1 is 0.614 bits per heavy atom. The number of phenolic OH excluding ortho intramolecular Hbond substituents is 2. The van der Waals surface area contributed by atoms with Crippen LogP contribution in [0.15, 0.2) is 84.9 Å². The molecule has 29 heteroatoms. The minimum absolute atomic E-state index is 0.0399. The standard InChI is InChI=1S/C54H64O29/c1-26(57)72-23-32-20-53(81-39(62)18-13-29-11-16-33(60)34(19-29)71-3,82-51-46(69)44(67)41(64)37(77-51)24-73-27(2)58)48(79-50-45(68)43(66)40(63)35(21-55)76-50)52(75-32)83-54(25-74-38(61)17-12-28-9-14-31(59)15-10-28)47(42(65)36(22-56)80-54)78-49(70)30-7-5-4-6-8-30/h4-19,32,35-37,40-48,50-52,55-56,59-60,63-69H,20-25H2,1-3H3/b17-12-,18-13-/t32-,35+,36+,37-,40-,41-,42-,43+,44+,45-,46-,47+,48-,50-,51+,52-,53-,54-/m1/s1. The molecule has 4 saturated heterocycles. The van der Waals surface area contributed by atoms with Gasteiger partial charge in [0.2, 0.25) is 5.79 Å². The van der Waals surface area contributed by atoms with Crippen molar-refractivity contribution in [2.45, 2.75) is 130 Å². The highest BCUT2D eigenvalue weighted by Gasteiger charge is 2.66. The van der Waals surface area contributed by atoms with E-state index in [0.717, 1.165) is 32.1 Å². The second kappa shape index (κ2) is 28.2. The van der Waals surface area contributed by atoms with Crippen LogP contribution in [0, 0.1) is 0 Å². The molecule has 454 valence electrons. The van der Waals surface area contributed by atoms with Gasteiger partial charge in [-0.15, -0.1) is 0 Å². The van der Waals surface area contributed by atoms with Gasteiger partial charge in [0.25, 0.3) is 5.79 Å². The van der Waals surface area contributed by atoms with Gasteiger partial charge in [0.05, 0.1) is 25.9 Å². The van der Waals surface area contributed by atoms with Crippen molar-refractivity contribution in [3.63, 3.8) is 0 Å². The summed E-state index contributed by atoms with van der Waals surface area (Å²) in [6.07, 6.45) is -31.3. The Kier molecular flexibility index (Phi) is 21.7. The van der Waals surface area contributed by atoms with Gasteiger partial charge in [0.1, 0.15) is 92.7 Å². The van der Waals surface area contributed by atoms with Gasteiger partial charge in [0, 0.05) is 32.4 Å². The third-order valence-electron chi connectivity index (χ3n) is 13.4. The Bertz CT molecular complexity index is 2740. The van der Waals surface area contributed by atoms with E-state index in [1.54, 1.807) is 6.07 Å². The van der Waals surface area contributed by atoms with Crippen LogP contribution < -0.4 is 4.74 Å². The maximum absolute atomic E-state index is 14.6. The molecule has 18 atom stereocenters. The van der Waals surface area contributed by atoms with Crippen LogP contribution in [-0.4, -0.2) is 236 Å². The fourth-order valence-corrected chi connectivity index (χ4v) is 9.11. The molecule has 0 spiro atoms. The van der Waals surface area contributed by atoms with Gasteiger partial charge in [-0.3, -0.25) is 9.59 Å². The molecular formula is C54H64O29. The highest BCUT2D eigenvalue weighted by atomic mass is 16.9. The van der Waals surface area contributed by atoms with Crippen molar-refractivity contribution in [1.29, 1.82) is 0 Å². The SMILES string of the molecule is COc1cc(/C=C\C(=O)O[C@@]2(O[C@@H]3O[C@H](COC(C)=O)[C@@H](O)[C@H](O)[C@H]3O)C[C@H](COC(C)=O)O[C@H](O[C@@]3(COC(=O)/C=C\c4ccc(O)cc4)O[C@@H](CO)[C@@H](O)[C@@H]3OC(=O)c3ccccc3)[C@H]2O[C@H]2O[C@@H](CO)[C@@H](O)[C@H](O)[C@H]2O)ccc1O. The molecule has 83 heavy (non-hydrogen) atoms. The van der Waals surface area contributed by atoms with E-state index in [0.29, 0.717) is 5.56 Å².